The topological polar surface area (TPSA) is 61.0 Å². The minimum atomic E-state index is -0.559. The highest BCUT2D eigenvalue weighted by Crippen LogP contribution is 2.30. The van der Waals surface area contributed by atoms with Crippen LogP contribution in [0.3, 0.4) is 0 Å². The van der Waals surface area contributed by atoms with Crippen molar-refractivity contribution in [2.75, 3.05) is 12.3 Å². The van der Waals surface area contributed by atoms with Crippen LogP contribution < -0.4 is 5.73 Å². The van der Waals surface area contributed by atoms with Crippen LogP contribution in [0.2, 0.25) is 0 Å². The fourth-order valence-electron chi connectivity index (χ4n) is 1.95. The number of ether oxygens (including phenoxy) is 1. The van der Waals surface area contributed by atoms with Crippen molar-refractivity contribution >= 4 is 28.4 Å². The van der Waals surface area contributed by atoms with Gasteiger partial charge in [0.2, 0.25) is 0 Å². The first kappa shape index (κ1) is 15.2. The zero-order chi connectivity index (χ0) is 14.8. The fraction of sp³-hybridized carbons (Fsp3) is 0.333. The van der Waals surface area contributed by atoms with Crippen molar-refractivity contribution in [2.45, 2.75) is 26.4 Å². The summed E-state index contributed by atoms with van der Waals surface area (Å²) in [7, 11) is 0. The van der Waals surface area contributed by atoms with Crippen LogP contribution in [0.25, 0.3) is 11.3 Å². The Morgan fingerprint density at radius 2 is 1.85 bits per heavy atom. The highest BCUT2D eigenvalue weighted by molar-refractivity contribution is 14.1. The number of nitrogen functional groups attached to an aromatic ring is 1. The van der Waals surface area contributed by atoms with Gasteiger partial charge in [0, 0.05) is 12.2 Å². The molecule has 0 bridgehead atoms. The van der Waals surface area contributed by atoms with Gasteiger partial charge in [0.25, 0.3) is 0 Å². The standard InChI is InChI=1S/C15H18IN3O/c1-4-20-15(2,3)14-18-12(11(16)13(17)19-14)10-8-6-5-7-9-10/h5-9H,4H2,1-3H3,(H2,17,18,19). The maximum atomic E-state index is 6.04. The molecule has 1 aromatic carbocycles. The first-order chi connectivity index (χ1) is 9.45. The number of rotatable bonds is 4. The zero-order valence-corrected chi connectivity index (χ0v) is 14.0. The number of hydrogen-bond acceptors (Lipinski definition) is 4. The van der Waals surface area contributed by atoms with Crippen LogP contribution in [-0.2, 0) is 10.3 Å². The van der Waals surface area contributed by atoms with Crippen molar-refractivity contribution in [3.8, 4) is 11.3 Å². The van der Waals surface area contributed by atoms with Gasteiger partial charge in [0.1, 0.15) is 11.4 Å². The molecule has 2 rings (SSSR count). The molecule has 0 aliphatic carbocycles. The SMILES string of the molecule is CCOC(C)(C)c1nc(N)c(I)c(-c2ccccc2)n1. The number of anilines is 1. The van der Waals surface area contributed by atoms with E-state index >= 15 is 0 Å². The number of hydrogen-bond donors (Lipinski definition) is 1. The normalized spacial score (nSPS) is 11.6. The van der Waals surface area contributed by atoms with E-state index in [2.05, 4.69) is 32.6 Å². The Morgan fingerprint density at radius 3 is 2.45 bits per heavy atom. The lowest BCUT2D eigenvalue weighted by molar-refractivity contribution is -0.0206. The van der Waals surface area contributed by atoms with Crippen LogP contribution in [-0.4, -0.2) is 16.6 Å². The van der Waals surface area contributed by atoms with Gasteiger partial charge in [0.05, 0.1) is 9.26 Å². The van der Waals surface area contributed by atoms with Gasteiger partial charge in [-0.2, -0.15) is 0 Å². The van der Waals surface area contributed by atoms with Crippen LogP contribution in [0.4, 0.5) is 5.82 Å². The Hall–Kier alpha value is -1.21. The summed E-state index contributed by atoms with van der Waals surface area (Å²) in [6, 6.07) is 9.98. The van der Waals surface area contributed by atoms with Crippen molar-refractivity contribution in [1.29, 1.82) is 0 Å². The lowest BCUT2D eigenvalue weighted by Gasteiger charge is -2.24. The van der Waals surface area contributed by atoms with Gasteiger partial charge >= 0.3 is 0 Å². The summed E-state index contributed by atoms with van der Waals surface area (Å²) in [4.78, 5) is 9.05. The van der Waals surface area contributed by atoms with E-state index in [0.29, 0.717) is 18.2 Å². The van der Waals surface area contributed by atoms with Crippen LogP contribution in [0.5, 0.6) is 0 Å². The first-order valence-electron chi connectivity index (χ1n) is 6.48. The maximum Gasteiger partial charge on any atom is 0.162 e. The second-order valence-electron chi connectivity index (χ2n) is 4.90. The second-order valence-corrected chi connectivity index (χ2v) is 5.98. The van der Waals surface area contributed by atoms with Crippen LogP contribution >= 0.6 is 22.6 Å². The molecule has 1 aromatic heterocycles. The van der Waals surface area contributed by atoms with E-state index in [1.165, 1.54) is 0 Å². The second kappa shape index (κ2) is 6.05. The Labute approximate surface area is 132 Å². The molecule has 0 amide bonds. The molecule has 2 aromatic rings. The molecule has 4 nitrogen and oxygen atoms in total. The monoisotopic (exact) mass is 383 g/mol. The summed E-state index contributed by atoms with van der Waals surface area (Å²) in [5, 5.41) is 0. The summed E-state index contributed by atoms with van der Waals surface area (Å²) in [5.74, 6) is 1.10. The highest BCUT2D eigenvalue weighted by Gasteiger charge is 2.26. The molecule has 106 valence electrons. The van der Waals surface area contributed by atoms with Crippen LogP contribution in [0.15, 0.2) is 30.3 Å². The van der Waals surface area contributed by atoms with Crippen molar-refractivity contribution < 1.29 is 4.74 Å². The fourth-order valence-corrected chi connectivity index (χ4v) is 2.50. The average molecular weight is 383 g/mol. The summed E-state index contributed by atoms with van der Waals surface area (Å²) in [6.07, 6.45) is 0. The molecule has 0 fully saturated rings. The van der Waals surface area contributed by atoms with E-state index in [4.69, 9.17) is 10.5 Å². The molecule has 1 heterocycles. The van der Waals surface area contributed by atoms with E-state index in [1.54, 1.807) is 0 Å². The van der Waals surface area contributed by atoms with E-state index in [0.717, 1.165) is 14.8 Å². The van der Waals surface area contributed by atoms with Crippen LogP contribution in [0, 0.1) is 3.57 Å². The van der Waals surface area contributed by atoms with Gasteiger partial charge in [0.15, 0.2) is 5.82 Å². The Kier molecular flexibility index (Phi) is 4.59. The number of benzene rings is 1. The van der Waals surface area contributed by atoms with Crippen molar-refractivity contribution in [3.63, 3.8) is 0 Å². The van der Waals surface area contributed by atoms with Crippen molar-refractivity contribution in [3.05, 3.63) is 39.7 Å². The average Bonchev–Trinajstić information content (AvgIpc) is 2.42. The third-order valence-electron chi connectivity index (χ3n) is 2.97. The highest BCUT2D eigenvalue weighted by atomic mass is 127. The molecule has 0 spiro atoms. The third-order valence-corrected chi connectivity index (χ3v) is 4.03. The van der Waals surface area contributed by atoms with Crippen molar-refractivity contribution in [2.24, 2.45) is 0 Å². The van der Waals surface area contributed by atoms with Gasteiger partial charge in [-0.1, -0.05) is 30.3 Å². The lowest BCUT2D eigenvalue weighted by Crippen LogP contribution is -2.26. The molecule has 0 atom stereocenters. The Balaban J connectivity index is 2.56. The predicted octanol–water partition coefficient (Wildman–Crippen LogP) is 3.60. The van der Waals surface area contributed by atoms with Crippen molar-refractivity contribution in [1.82, 2.24) is 9.97 Å². The van der Waals surface area contributed by atoms with Gasteiger partial charge in [-0.25, -0.2) is 9.97 Å². The predicted molar refractivity (Wildman–Crippen MR) is 89.2 cm³/mol. The minimum absolute atomic E-state index is 0.488. The van der Waals surface area contributed by atoms with Gasteiger partial charge in [-0.3, -0.25) is 0 Å². The summed E-state index contributed by atoms with van der Waals surface area (Å²) >= 11 is 2.18. The Morgan fingerprint density at radius 1 is 1.20 bits per heavy atom. The molecule has 0 radical (unpaired) electrons. The number of halogens is 1. The van der Waals surface area contributed by atoms with Gasteiger partial charge < -0.3 is 10.5 Å². The molecule has 2 N–H and O–H groups in total. The van der Waals surface area contributed by atoms with Crippen LogP contribution in [0.1, 0.15) is 26.6 Å². The van der Waals surface area contributed by atoms with E-state index in [9.17, 15) is 0 Å². The maximum absolute atomic E-state index is 6.04. The molecule has 0 aliphatic heterocycles. The molecule has 0 saturated heterocycles. The number of nitrogens with zero attached hydrogens (tertiary/aromatic N) is 2. The summed E-state index contributed by atoms with van der Waals surface area (Å²) in [6.45, 7) is 6.46. The van der Waals surface area contributed by atoms with Gasteiger partial charge in [-0.05, 0) is 43.4 Å². The molecule has 0 saturated carbocycles. The summed E-state index contributed by atoms with van der Waals surface area (Å²) < 4.78 is 6.58. The molecular weight excluding hydrogens is 365 g/mol. The van der Waals surface area contributed by atoms with Gasteiger partial charge in [-0.15, -0.1) is 0 Å². The molecule has 0 unspecified atom stereocenters. The summed E-state index contributed by atoms with van der Waals surface area (Å²) in [5.41, 5.74) is 7.35. The third kappa shape index (κ3) is 3.09. The smallest absolute Gasteiger partial charge is 0.162 e. The quantitative estimate of drug-likeness (QED) is 0.820. The Bertz CT molecular complexity index is 600. The number of aromatic nitrogens is 2. The lowest BCUT2D eigenvalue weighted by atomic mass is 10.1. The minimum Gasteiger partial charge on any atom is -0.383 e. The number of nitrogens with two attached hydrogens (primary N) is 1. The largest absolute Gasteiger partial charge is 0.383 e. The molecule has 20 heavy (non-hydrogen) atoms. The van der Waals surface area contributed by atoms with E-state index in [-0.39, 0.29) is 0 Å². The van der Waals surface area contributed by atoms with E-state index < -0.39 is 5.60 Å². The zero-order valence-electron chi connectivity index (χ0n) is 11.9. The first-order valence-corrected chi connectivity index (χ1v) is 7.56. The van der Waals surface area contributed by atoms with E-state index in [1.807, 2.05) is 51.1 Å². The molecular formula is C15H18IN3O. The molecule has 0 aliphatic rings. The molecule has 5 heteroatoms.